The van der Waals surface area contributed by atoms with Crippen LogP contribution in [0.25, 0.3) is 10.8 Å². The number of methoxy groups -OCH3 is 1. The van der Waals surface area contributed by atoms with Gasteiger partial charge < -0.3 is 14.4 Å². The van der Waals surface area contributed by atoms with Crippen molar-refractivity contribution in [2.75, 3.05) is 33.4 Å². The van der Waals surface area contributed by atoms with Crippen LogP contribution in [0.1, 0.15) is 18.4 Å². The number of amides is 1. The molecule has 1 fully saturated rings. The molecule has 0 aromatic heterocycles. The molecule has 1 aliphatic heterocycles. The molecule has 2 aromatic rings. The summed E-state index contributed by atoms with van der Waals surface area (Å²) < 4.78 is 10.6. The third kappa shape index (κ3) is 2.92. The Hall–Kier alpha value is -2.07. The molecule has 116 valence electrons. The van der Waals surface area contributed by atoms with Gasteiger partial charge in [-0.2, -0.15) is 0 Å². The van der Waals surface area contributed by atoms with Crippen LogP contribution >= 0.6 is 0 Å². The van der Waals surface area contributed by atoms with Crippen LogP contribution in [-0.4, -0.2) is 44.2 Å². The Morgan fingerprint density at radius 2 is 1.82 bits per heavy atom. The zero-order valence-electron chi connectivity index (χ0n) is 13.0. The van der Waals surface area contributed by atoms with Crippen molar-refractivity contribution in [2.45, 2.75) is 12.8 Å². The van der Waals surface area contributed by atoms with Crippen molar-refractivity contribution in [3.63, 3.8) is 0 Å². The summed E-state index contributed by atoms with van der Waals surface area (Å²) in [6, 6.07) is 12.2. The number of benzene rings is 2. The summed E-state index contributed by atoms with van der Waals surface area (Å²) in [5, 5.41) is 2.24. The van der Waals surface area contributed by atoms with Crippen LogP contribution in [0.5, 0.6) is 5.75 Å². The molecule has 1 heterocycles. The van der Waals surface area contributed by atoms with Gasteiger partial charge in [-0.1, -0.05) is 24.3 Å². The van der Waals surface area contributed by atoms with Gasteiger partial charge in [0.2, 0.25) is 5.91 Å². The maximum Gasteiger partial charge on any atom is 0.229 e. The van der Waals surface area contributed by atoms with E-state index in [-0.39, 0.29) is 11.8 Å². The highest BCUT2D eigenvalue weighted by Crippen LogP contribution is 2.26. The van der Waals surface area contributed by atoms with Crippen LogP contribution in [0, 0.1) is 0 Å². The minimum absolute atomic E-state index is 0.135. The lowest BCUT2D eigenvalue weighted by molar-refractivity contribution is -0.136. The van der Waals surface area contributed by atoms with Crippen molar-refractivity contribution in [1.82, 2.24) is 4.90 Å². The Morgan fingerprint density at radius 1 is 1.14 bits per heavy atom. The molecule has 0 spiro atoms. The zero-order valence-corrected chi connectivity index (χ0v) is 13.0. The van der Waals surface area contributed by atoms with E-state index in [0.29, 0.717) is 26.3 Å². The van der Waals surface area contributed by atoms with Gasteiger partial charge in [0.25, 0.3) is 0 Å². The maximum atomic E-state index is 12.6. The van der Waals surface area contributed by atoms with Gasteiger partial charge in [0.15, 0.2) is 0 Å². The van der Waals surface area contributed by atoms with Crippen molar-refractivity contribution in [3.8, 4) is 5.75 Å². The predicted molar refractivity (Wildman–Crippen MR) is 86.3 cm³/mol. The number of hydrogen-bond donors (Lipinski definition) is 0. The standard InChI is InChI=1S/C18H21NO3/c1-13(18(20)19-7-9-22-10-8-19)14-3-4-16-12-17(21-2)6-5-15(16)11-14/h3-6,11-13H,7-10H2,1-2H3. The van der Waals surface area contributed by atoms with Gasteiger partial charge in [0, 0.05) is 13.1 Å². The molecule has 1 atom stereocenters. The molecule has 0 radical (unpaired) electrons. The summed E-state index contributed by atoms with van der Waals surface area (Å²) in [6.45, 7) is 4.62. The van der Waals surface area contributed by atoms with Crippen molar-refractivity contribution in [3.05, 3.63) is 42.0 Å². The topological polar surface area (TPSA) is 38.8 Å². The van der Waals surface area contributed by atoms with Crippen molar-refractivity contribution in [1.29, 1.82) is 0 Å². The fraction of sp³-hybridized carbons (Fsp3) is 0.389. The van der Waals surface area contributed by atoms with Gasteiger partial charge in [-0.3, -0.25) is 4.79 Å². The quantitative estimate of drug-likeness (QED) is 0.875. The van der Waals surface area contributed by atoms with E-state index in [0.717, 1.165) is 22.1 Å². The Morgan fingerprint density at radius 3 is 2.55 bits per heavy atom. The molecule has 0 N–H and O–H groups in total. The van der Waals surface area contributed by atoms with Crippen molar-refractivity contribution < 1.29 is 14.3 Å². The first kappa shape index (κ1) is 14.9. The second kappa shape index (κ2) is 6.36. The number of rotatable bonds is 3. The number of carbonyl (C=O) groups excluding carboxylic acids is 1. The van der Waals surface area contributed by atoms with Gasteiger partial charge in [0.05, 0.1) is 26.2 Å². The summed E-state index contributed by atoms with van der Waals surface area (Å²) in [5.41, 5.74) is 1.05. The summed E-state index contributed by atoms with van der Waals surface area (Å²) >= 11 is 0. The molecule has 1 unspecified atom stereocenters. The molecule has 22 heavy (non-hydrogen) atoms. The fourth-order valence-corrected chi connectivity index (χ4v) is 2.84. The zero-order chi connectivity index (χ0) is 15.5. The average molecular weight is 299 g/mol. The Kier molecular flexibility index (Phi) is 4.29. The lowest BCUT2D eigenvalue weighted by atomic mass is 9.96. The first-order valence-electron chi connectivity index (χ1n) is 7.63. The Balaban J connectivity index is 1.84. The van der Waals surface area contributed by atoms with E-state index in [1.807, 2.05) is 36.1 Å². The lowest BCUT2D eigenvalue weighted by Gasteiger charge is -2.29. The Labute approximate surface area is 130 Å². The normalized spacial score (nSPS) is 16.5. The average Bonchev–Trinajstić information content (AvgIpc) is 2.60. The molecule has 0 saturated carbocycles. The summed E-state index contributed by atoms with van der Waals surface area (Å²) in [5.74, 6) is 0.887. The van der Waals surface area contributed by atoms with E-state index in [2.05, 4.69) is 12.1 Å². The van der Waals surface area contributed by atoms with Gasteiger partial charge in [-0.15, -0.1) is 0 Å². The summed E-state index contributed by atoms with van der Waals surface area (Å²) in [6.07, 6.45) is 0. The number of carbonyl (C=O) groups is 1. The molecule has 2 aromatic carbocycles. The second-order valence-electron chi connectivity index (χ2n) is 5.63. The Bertz CT molecular complexity index is 677. The monoisotopic (exact) mass is 299 g/mol. The van der Waals surface area contributed by atoms with E-state index < -0.39 is 0 Å². The number of ether oxygens (including phenoxy) is 2. The molecule has 0 aliphatic carbocycles. The minimum atomic E-state index is -0.135. The smallest absolute Gasteiger partial charge is 0.229 e. The SMILES string of the molecule is COc1ccc2cc(C(C)C(=O)N3CCOCC3)ccc2c1. The third-order valence-corrected chi connectivity index (χ3v) is 4.26. The van der Waals surface area contributed by atoms with Crippen LogP contribution in [0.3, 0.4) is 0 Å². The predicted octanol–water partition coefficient (Wildman–Crippen LogP) is 2.81. The molecule has 4 nitrogen and oxygen atoms in total. The van der Waals surface area contributed by atoms with Gasteiger partial charge >= 0.3 is 0 Å². The number of fused-ring (bicyclic) bond motifs is 1. The largest absolute Gasteiger partial charge is 0.497 e. The molecule has 1 amide bonds. The highest BCUT2D eigenvalue weighted by molar-refractivity contribution is 5.88. The van der Waals surface area contributed by atoms with Crippen molar-refractivity contribution >= 4 is 16.7 Å². The lowest BCUT2D eigenvalue weighted by Crippen LogP contribution is -2.42. The van der Waals surface area contributed by atoms with E-state index in [9.17, 15) is 4.79 Å². The highest BCUT2D eigenvalue weighted by atomic mass is 16.5. The van der Waals surface area contributed by atoms with Crippen molar-refractivity contribution in [2.24, 2.45) is 0 Å². The van der Waals surface area contributed by atoms with Crippen LogP contribution in [0.15, 0.2) is 36.4 Å². The van der Waals surface area contributed by atoms with Gasteiger partial charge in [-0.05, 0) is 35.4 Å². The molecular weight excluding hydrogens is 278 g/mol. The van der Waals surface area contributed by atoms with Crippen LogP contribution in [0.2, 0.25) is 0 Å². The first-order valence-corrected chi connectivity index (χ1v) is 7.63. The van der Waals surface area contributed by atoms with Crippen LogP contribution < -0.4 is 4.74 Å². The van der Waals surface area contributed by atoms with E-state index in [4.69, 9.17) is 9.47 Å². The molecule has 1 saturated heterocycles. The van der Waals surface area contributed by atoms with Gasteiger partial charge in [0.1, 0.15) is 5.75 Å². The summed E-state index contributed by atoms with van der Waals surface area (Å²) in [4.78, 5) is 14.5. The first-order chi connectivity index (χ1) is 10.7. The molecule has 3 rings (SSSR count). The molecule has 4 heteroatoms. The fourth-order valence-electron chi connectivity index (χ4n) is 2.84. The third-order valence-electron chi connectivity index (χ3n) is 4.26. The molecular formula is C18H21NO3. The minimum Gasteiger partial charge on any atom is -0.497 e. The van der Waals surface area contributed by atoms with E-state index in [1.54, 1.807) is 7.11 Å². The molecule has 0 bridgehead atoms. The number of hydrogen-bond acceptors (Lipinski definition) is 3. The van der Waals surface area contributed by atoms with Gasteiger partial charge in [-0.25, -0.2) is 0 Å². The van der Waals surface area contributed by atoms with Crippen LogP contribution in [-0.2, 0) is 9.53 Å². The second-order valence-corrected chi connectivity index (χ2v) is 5.63. The maximum absolute atomic E-state index is 12.6. The summed E-state index contributed by atoms with van der Waals surface area (Å²) in [7, 11) is 1.67. The molecule has 1 aliphatic rings. The van der Waals surface area contributed by atoms with Crippen LogP contribution in [0.4, 0.5) is 0 Å². The number of morpholine rings is 1. The highest BCUT2D eigenvalue weighted by Gasteiger charge is 2.23. The number of nitrogens with zero attached hydrogens (tertiary/aromatic N) is 1. The van der Waals surface area contributed by atoms with E-state index >= 15 is 0 Å². The van der Waals surface area contributed by atoms with E-state index in [1.165, 1.54) is 0 Å².